The molecule has 0 aromatic heterocycles. The van der Waals surface area contributed by atoms with Gasteiger partial charge in [0.25, 0.3) is 0 Å². The lowest BCUT2D eigenvalue weighted by Gasteiger charge is -2.25. The summed E-state index contributed by atoms with van der Waals surface area (Å²) in [6.07, 6.45) is 5.16. The van der Waals surface area contributed by atoms with E-state index in [9.17, 15) is 9.59 Å². The van der Waals surface area contributed by atoms with Crippen molar-refractivity contribution >= 4 is 11.9 Å². The SMILES string of the molecule is O=C(O)CC(NC(=O)C1CCCCN1)C1CC1. The van der Waals surface area contributed by atoms with Gasteiger partial charge in [-0.05, 0) is 38.1 Å². The summed E-state index contributed by atoms with van der Waals surface area (Å²) < 4.78 is 0. The van der Waals surface area contributed by atoms with Crippen molar-refractivity contribution in [1.82, 2.24) is 10.6 Å². The Hall–Kier alpha value is -1.10. The molecule has 96 valence electrons. The maximum atomic E-state index is 12.0. The molecule has 2 aliphatic rings. The van der Waals surface area contributed by atoms with Crippen LogP contribution in [0.2, 0.25) is 0 Å². The Bertz CT molecular complexity index is 296. The number of hydrogen-bond acceptors (Lipinski definition) is 3. The molecule has 3 N–H and O–H groups in total. The van der Waals surface area contributed by atoms with Gasteiger partial charge in [0.05, 0.1) is 12.5 Å². The summed E-state index contributed by atoms with van der Waals surface area (Å²) in [5.41, 5.74) is 0. The Morgan fingerprint density at radius 1 is 1.29 bits per heavy atom. The highest BCUT2D eigenvalue weighted by atomic mass is 16.4. The predicted octanol–water partition coefficient (Wildman–Crippen LogP) is 0.498. The molecular weight excluding hydrogens is 220 g/mol. The van der Waals surface area contributed by atoms with Crippen LogP contribution in [-0.2, 0) is 9.59 Å². The lowest BCUT2D eigenvalue weighted by molar-refractivity contribution is -0.138. The largest absolute Gasteiger partial charge is 0.481 e. The summed E-state index contributed by atoms with van der Waals surface area (Å²) in [4.78, 5) is 22.7. The number of amides is 1. The molecule has 1 heterocycles. The van der Waals surface area contributed by atoms with Gasteiger partial charge in [0, 0.05) is 6.04 Å². The van der Waals surface area contributed by atoms with E-state index in [1.165, 1.54) is 0 Å². The van der Waals surface area contributed by atoms with Crippen LogP contribution in [0, 0.1) is 5.92 Å². The molecule has 1 aliphatic carbocycles. The predicted molar refractivity (Wildman–Crippen MR) is 62.5 cm³/mol. The zero-order chi connectivity index (χ0) is 12.3. The first-order valence-electron chi connectivity index (χ1n) is 6.42. The zero-order valence-electron chi connectivity index (χ0n) is 9.95. The lowest BCUT2D eigenvalue weighted by Crippen LogP contribution is -2.50. The second kappa shape index (κ2) is 5.49. The van der Waals surface area contributed by atoms with Gasteiger partial charge in [0.15, 0.2) is 0 Å². The second-order valence-corrected chi connectivity index (χ2v) is 5.05. The Morgan fingerprint density at radius 3 is 2.59 bits per heavy atom. The Labute approximate surface area is 101 Å². The van der Waals surface area contributed by atoms with Crippen LogP contribution in [0.25, 0.3) is 0 Å². The standard InChI is InChI=1S/C12H20N2O3/c15-11(16)7-10(8-4-5-8)14-12(17)9-3-1-2-6-13-9/h8-10,13H,1-7H2,(H,14,17)(H,15,16). The minimum absolute atomic E-state index is 0.0251. The van der Waals surface area contributed by atoms with Crippen LogP contribution in [0.3, 0.4) is 0 Å². The molecule has 1 aliphatic heterocycles. The van der Waals surface area contributed by atoms with E-state index in [0.29, 0.717) is 5.92 Å². The number of carbonyl (C=O) groups is 2. The molecule has 2 atom stereocenters. The van der Waals surface area contributed by atoms with Gasteiger partial charge in [0.1, 0.15) is 0 Å². The third kappa shape index (κ3) is 3.70. The van der Waals surface area contributed by atoms with Crippen LogP contribution in [0.1, 0.15) is 38.5 Å². The van der Waals surface area contributed by atoms with Gasteiger partial charge in [-0.25, -0.2) is 0 Å². The van der Waals surface area contributed by atoms with E-state index in [2.05, 4.69) is 10.6 Å². The number of piperidine rings is 1. The summed E-state index contributed by atoms with van der Waals surface area (Å²) in [6.45, 7) is 0.880. The maximum Gasteiger partial charge on any atom is 0.305 e. The first-order valence-corrected chi connectivity index (χ1v) is 6.42. The number of aliphatic carboxylic acids is 1. The molecule has 5 heteroatoms. The molecule has 1 saturated heterocycles. The molecule has 0 aromatic carbocycles. The zero-order valence-corrected chi connectivity index (χ0v) is 9.95. The summed E-state index contributed by atoms with van der Waals surface area (Å²) >= 11 is 0. The van der Waals surface area contributed by atoms with Gasteiger partial charge in [-0.1, -0.05) is 6.42 Å². The topological polar surface area (TPSA) is 78.4 Å². The highest BCUT2D eigenvalue weighted by Gasteiger charge is 2.35. The van der Waals surface area contributed by atoms with Gasteiger partial charge in [-0.15, -0.1) is 0 Å². The maximum absolute atomic E-state index is 12.0. The van der Waals surface area contributed by atoms with E-state index in [0.717, 1.165) is 38.6 Å². The van der Waals surface area contributed by atoms with Gasteiger partial charge in [-0.2, -0.15) is 0 Å². The van der Waals surface area contributed by atoms with Crippen molar-refractivity contribution in [1.29, 1.82) is 0 Å². The first-order chi connectivity index (χ1) is 8.16. The van der Waals surface area contributed by atoms with E-state index < -0.39 is 5.97 Å². The van der Waals surface area contributed by atoms with Gasteiger partial charge >= 0.3 is 5.97 Å². The van der Waals surface area contributed by atoms with Crippen LogP contribution in [0.15, 0.2) is 0 Å². The second-order valence-electron chi connectivity index (χ2n) is 5.05. The summed E-state index contributed by atoms with van der Waals surface area (Å²) in [5, 5.41) is 14.9. The van der Waals surface area contributed by atoms with Gasteiger partial charge in [-0.3, -0.25) is 9.59 Å². The van der Waals surface area contributed by atoms with E-state index in [4.69, 9.17) is 5.11 Å². The molecule has 17 heavy (non-hydrogen) atoms. The van der Waals surface area contributed by atoms with E-state index in [-0.39, 0.29) is 24.4 Å². The highest BCUT2D eigenvalue weighted by molar-refractivity contribution is 5.82. The van der Waals surface area contributed by atoms with Crippen molar-refractivity contribution in [3.63, 3.8) is 0 Å². The summed E-state index contributed by atoms with van der Waals surface area (Å²) in [6, 6.07) is -0.303. The minimum atomic E-state index is -0.834. The lowest BCUT2D eigenvalue weighted by atomic mass is 10.0. The number of hydrogen-bond donors (Lipinski definition) is 3. The molecule has 1 amide bonds. The third-order valence-corrected chi connectivity index (χ3v) is 3.54. The van der Waals surface area contributed by atoms with Crippen molar-refractivity contribution in [2.75, 3.05) is 6.54 Å². The Morgan fingerprint density at radius 2 is 2.06 bits per heavy atom. The van der Waals surface area contributed by atoms with Gasteiger partial charge < -0.3 is 15.7 Å². The normalized spacial score (nSPS) is 26.2. The van der Waals surface area contributed by atoms with E-state index in [1.807, 2.05) is 0 Å². The van der Waals surface area contributed by atoms with Crippen LogP contribution >= 0.6 is 0 Å². The molecule has 2 fully saturated rings. The van der Waals surface area contributed by atoms with Crippen LogP contribution < -0.4 is 10.6 Å². The number of carbonyl (C=O) groups excluding carboxylic acids is 1. The minimum Gasteiger partial charge on any atom is -0.481 e. The fourth-order valence-corrected chi connectivity index (χ4v) is 2.38. The van der Waals surface area contributed by atoms with E-state index >= 15 is 0 Å². The quantitative estimate of drug-likeness (QED) is 0.654. The molecule has 0 radical (unpaired) electrons. The molecular formula is C12H20N2O3. The van der Waals surface area contributed by atoms with Crippen molar-refractivity contribution < 1.29 is 14.7 Å². The first kappa shape index (κ1) is 12.4. The van der Waals surface area contributed by atoms with Crippen LogP contribution in [-0.4, -0.2) is 35.6 Å². The van der Waals surface area contributed by atoms with Crippen LogP contribution in [0.4, 0.5) is 0 Å². The highest BCUT2D eigenvalue weighted by Crippen LogP contribution is 2.34. The number of rotatable bonds is 5. The number of nitrogens with one attached hydrogen (secondary N) is 2. The molecule has 1 saturated carbocycles. The fourth-order valence-electron chi connectivity index (χ4n) is 2.38. The van der Waals surface area contributed by atoms with Crippen molar-refractivity contribution in [3.05, 3.63) is 0 Å². The average Bonchev–Trinajstić information content (AvgIpc) is 3.12. The molecule has 2 unspecified atom stereocenters. The molecule has 0 aromatic rings. The monoisotopic (exact) mass is 240 g/mol. The molecule has 0 bridgehead atoms. The average molecular weight is 240 g/mol. The molecule has 2 rings (SSSR count). The molecule has 5 nitrogen and oxygen atoms in total. The Balaban J connectivity index is 1.83. The Kier molecular flexibility index (Phi) is 3.99. The summed E-state index contributed by atoms with van der Waals surface area (Å²) in [5.74, 6) is -0.486. The number of carboxylic acid groups (broad SMARTS) is 1. The smallest absolute Gasteiger partial charge is 0.305 e. The summed E-state index contributed by atoms with van der Waals surface area (Å²) in [7, 11) is 0. The van der Waals surface area contributed by atoms with Gasteiger partial charge in [0.2, 0.25) is 5.91 Å². The van der Waals surface area contributed by atoms with E-state index in [1.54, 1.807) is 0 Å². The van der Waals surface area contributed by atoms with Crippen molar-refractivity contribution in [2.24, 2.45) is 5.92 Å². The fraction of sp³-hybridized carbons (Fsp3) is 0.833. The molecule has 0 spiro atoms. The number of carboxylic acids is 1. The third-order valence-electron chi connectivity index (χ3n) is 3.54. The van der Waals surface area contributed by atoms with Crippen LogP contribution in [0.5, 0.6) is 0 Å². The van der Waals surface area contributed by atoms with Crippen molar-refractivity contribution in [3.8, 4) is 0 Å². The van der Waals surface area contributed by atoms with Crippen molar-refractivity contribution in [2.45, 2.75) is 50.6 Å².